The summed E-state index contributed by atoms with van der Waals surface area (Å²) in [6, 6.07) is 14.5. The van der Waals surface area contributed by atoms with Gasteiger partial charge in [0.05, 0.1) is 18.7 Å². The van der Waals surface area contributed by atoms with Gasteiger partial charge in [-0.15, -0.1) is 0 Å². The maximum absolute atomic E-state index is 13.0. The average Bonchev–Trinajstić information content (AvgIpc) is 3.36. The first kappa shape index (κ1) is 22.6. The Bertz CT molecular complexity index is 1180. The van der Waals surface area contributed by atoms with Crippen LogP contribution < -0.4 is 4.74 Å². The van der Waals surface area contributed by atoms with E-state index in [1.165, 1.54) is 0 Å². The standard InChI is InChI=1S/C27H30N2O4/c1-3-4-5-10-23-24(25(30)18-11-13-20(33-2)14-12-18)26(31)27(32)29(23)16-15-19-17-28-22-9-7-6-8-21(19)22/h6-9,11-14,17,23,28,30H,3-5,10,15-16H2,1-2H3. The number of rotatable bonds is 9. The van der Waals surface area contributed by atoms with E-state index in [4.69, 9.17) is 4.74 Å². The number of nitrogens with zero attached hydrogens (tertiary/aromatic N) is 1. The summed E-state index contributed by atoms with van der Waals surface area (Å²) in [5.74, 6) is -0.604. The first-order valence-electron chi connectivity index (χ1n) is 11.5. The number of ketones is 1. The van der Waals surface area contributed by atoms with Gasteiger partial charge in [0.2, 0.25) is 0 Å². The smallest absolute Gasteiger partial charge is 0.295 e. The Kier molecular flexibility index (Phi) is 6.82. The van der Waals surface area contributed by atoms with Crippen molar-refractivity contribution in [2.75, 3.05) is 13.7 Å². The molecule has 0 radical (unpaired) electrons. The summed E-state index contributed by atoms with van der Waals surface area (Å²) < 4.78 is 5.18. The number of benzene rings is 2. The first-order chi connectivity index (χ1) is 16.0. The zero-order valence-corrected chi connectivity index (χ0v) is 19.1. The predicted molar refractivity (Wildman–Crippen MR) is 129 cm³/mol. The van der Waals surface area contributed by atoms with Crippen LogP contribution in [0.1, 0.15) is 43.7 Å². The van der Waals surface area contributed by atoms with E-state index < -0.39 is 17.7 Å². The number of likely N-dealkylation sites (tertiary alicyclic amines) is 1. The zero-order chi connectivity index (χ0) is 23.4. The van der Waals surface area contributed by atoms with E-state index in [1.807, 2.05) is 24.4 Å². The third kappa shape index (κ3) is 4.51. The number of aromatic amines is 1. The second-order valence-corrected chi connectivity index (χ2v) is 8.44. The van der Waals surface area contributed by atoms with Crippen LogP contribution in [0.4, 0.5) is 0 Å². The molecule has 6 heteroatoms. The maximum atomic E-state index is 13.0. The Morgan fingerprint density at radius 2 is 1.85 bits per heavy atom. The number of carbonyl (C=O) groups is 2. The normalized spacial score (nSPS) is 17.8. The van der Waals surface area contributed by atoms with Gasteiger partial charge < -0.3 is 19.7 Å². The van der Waals surface area contributed by atoms with Gasteiger partial charge in [0.15, 0.2) is 0 Å². The second-order valence-electron chi connectivity index (χ2n) is 8.44. The van der Waals surface area contributed by atoms with Crippen molar-refractivity contribution in [2.24, 2.45) is 0 Å². The summed E-state index contributed by atoms with van der Waals surface area (Å²) >= 11 is 0. The quantitative estimate of drug-likeness (QED) is 0.209. The van der Waals surface area contributed by atoms with Crippen LogP contribution in [0.3, 0.4) is 0 Å². The minimum atomic E-state index is -0.608. The van der Waals surface area contributed by atoms with Gasteiger partial charge in [0, 0.05) is 29.2 Å². The highest BCUT2D eigenvalue weighted by molar-refractivity contribution is 6.46. The number of ether oxygens (including phenoxy) is 1. The highest BCUT2D eigenvalue weighted by Gasteiger charge is 2.44. The van der Waals surface area contributed by atoms with Crippen molar-refractivity contribution >= 4 is 28.4 Å². The predicted octanol–water partition coefficient (Wildman–Crippen LogP) is 5.05. The summed E-state index contributed by atoms with van der Waals surface area (Å²) in [7, 11) is 1.57. The molecule has 1 aliphatic rings. The molecule has 1 fully saturated rings. The number of methoxy groups -OCH3 is 1. The van der Waals surface area contributed by atoms with Crippen molar-refractivity contribution in [3.8, 4) is 5.75 Å². The lowest BCUT2D eigenvalue weighted by atomic mass is 9.96. The molecule has 1 saturated heterocycles. The number of amides is 1. The molecule has 3 aromatic rings. The van der Waals surface area contributed by atoms with Crippen molar-refractivity contribution in [3.63, 3.8) is 0 Å². The monoisotopic (exact) mass is 446 g/mol. The Balaban J connectivity index is 1.63. The Morgan fingerprint density at radius 3 is 2.58 bits per heavy atom. The summed E-state index contributed by atoms with van der Waals surface area (Å²) in [4.78, 5) is 31.0. The molecule has 4 rings (SSSR count). The lowest BCUT2D eigenvalue weighted by Crippen LogP contribution is -2.36. The Labute approximate surface area is 193 Å². The minimum absolute atomic E-state index is 0.118. The van der Waals surface area contributed by atoms with Crippen molar-refractivity contribution in [1.82, 2.24) is 9.88 Å². The van der Waals surface area contributed by atoms with Crippen molar-refractivity contribution < 1.29 is 19.4 Å². The fourth-order valence-electron chi connectivity index (χ4n) is 4.59. The lowest BCUT2D eigenvalue weighted by Gasteiger charge is -2.25. The van der Waals surface area contributed by atoms with Gasteiger partial charge in [-0.25, -0.2) is 0 Å². The van der Waals surface area contributed by atoms with E-state index >= 15 is 0 Å². The van der Waals surface area contributed by atoms with Crippen molar-refractivity contribution in [3.05, 3.63) is 71.4 Å². The summed E-state index contributed by atoms with van der Waals surface area (Å²) in [5, 5.41) is 12.2. The molecule has 172 valence electrons. The third-order valence-electron chi connectivity index (χ3n) is 6.41. The molecule has 1 aromatic heterocycles. The number of hydrogen-bond donors (Lipinski definition) is 2. The van der Waals surface area contributed by atoms with Gasteiger partial charge in [-0.3, -0.25) is 9.59 Å². The van der Waals surface area contributed by atoms with E-state index in [9.17, 15) is 14.7 Å². The number of Topliss-reactive ketones (excluding diaryl/α,β-unsaturated/α-hetero) is 1. The van der Waals surface area contributed by atoms with Crippen LogP contribution in [-0.4, -0.2) is 46.4 Å². The largest absolute Gasteiger partial charge is 0.507 e. The Hall–Kier alpha value is -3.54. The minimum Gasteiger partial charge on any atom is -0.507 e. The van der Waals surface area contributed by atoms with Crippen LogP contribution in [0, 0.1) is 0 Å². The molecular weight excluding hydrogens is 416 g/mol. The number of aromatic nitrogens is 1. The lowest BCUT2D eigenvalue weighted by molar-refractivity contribution is -0.139. The number of nitrogens with one attached hydrogen (secondary N) is 1. The molecule has 0 aliphatic carbocycles. The van der Waals surface area contributed by atoms with Gasteiger partial charge in [0.1, 0.15) is 11.5 Å². The van der Waals surface area contributed by atoms with Crippen LogP contribution in [0.25, 0.3) is 16.7 Å². The van der Waals surface area contributed by atoms with Crippen LogP contribution in [-0.2, 0) is 16.0 Å². The number of aliphatic hydroxyl groups is 1. The van der Waals surface area contributed by atoms with E-state index in [0.29, 0.717) is 30.7 Å². The maximum Gasteiger partial charge on any atom is 0.295 e. The topological polar surface area (TPSA) is 82.6 Å². The fourth-order valence-corrected chi connectivity index (χ4v) is 4.59. The molecule has 2 N–H and O–H groups in total. The zero-order valence-electron chi connectivity index (χ0n) is 19.1. The first-order valence-corrected chi connectivity index (χ1v) is 11.5. The molecule has 0 spiro atoms. The molecule has 2 heterocycles. The number of unbranched alkanes of at least 4 members (excludes halogenated alkanes) is 2. The van der Waals surface area contributed by atoms with E-state index in [2.05, 4.69) is 18.0 Å². The highest BCUT2D eigenvalue weighted by Crippen LogP contribution is 2.33. The average molecular weight is 447 g/mol. The highest BCUT2D eigenvalue weighted by atomic mass is 16.5. The number of fused-ring (bicyclic) bond motifs is 1. The molecular formula is C27H30N2O4. The molecule has 0 bridgehead atoms. The van der Waals surface area contributed by atoms with Gasteiger partial charge in [0.25, 0.3) is 11.7 Å². The van der Waals surface area contributed by atoms with Crippen LogP contribution in [0.5, 0.6) is 5.75 Å². The fraction of sp³-hybridized carbons (Fsp3) is 0.333. The molecule has 1 atom stereocenters. The molecule has 1 unspecified atom stereocenters. The molecule has 2 aromatic carbocycles. The number of hydrogen-bond acceptors (Lipinski definition) is 4. The number of H-pyrrole nitrogens is 1. The third-order valence-corrected chi connectivity index (χ3v) is 6.41. The Morgan fingerprint density at radius 1 is 1.09 bits per heavy atom. The van der Waals surface area contributed by atoms with Gasteiger partial charge >= 0.3 is 0 Å². The summed E-state index contributed by atoms with van der Waals surface area (Å²) in [6.07, 6.45) is 6.16. The SMILES string of the molecule is CCCCCC1C(=C(O)c2ccc(OC)cc2)C(=O)C(=O)N1CCc1c[nH]c2ccccc12. The van der Waals surface area contributed by atoms with Crippen LogP contribution >= 0.6 is 0 Å². The van der Waals surface area contributed by atoms with Crippen LogP contribution in [0.15, 0.2) is 60.3 Å². The molecule has 1 amide bonds. The molecule has 1 aliphatic heterocycles. The van der Waals surface area contributed by atoms with Crippen molar-refractivity contribution in [1.29, 1.82) is 0 Å². The van der Waals surface area contributed by atoms with E-state index in [1.54, 1.807) is 36.3 Å². The number of para-hydroxylation sites is 1. The summed E-state index contributed by atoms with van der Waals surface area (Å²) in [6.45, 7) is 2.54. The molecule has 33 heavy (non-hydrogen) atoms. The van der Waals surface area contributed by atoms with Crippen LogP contribution in [0.2, 0.25) is 0 Å². The van der Waals surface area contributed by atoms with Gasteiger partial charge in [-0.05, 0) is 48.7 Å². The number of aliphatic hydroxyl groups excluding tert-OH is 1. The van der Waals surface area contributed by atoms with E-state index in [-0.39, 0.29) is 11.3 Å². The summed E-state index contributed by atoms with van der Waals surface area (Å²) in [5.41, 5.74) is 2.87. The van der Waals surface area contributed by atoms with Gasteiger partial charge in [-0.2, -0.15) is 0 Å². The second kappa shape index (κ2) is 9.94. The molecule has 0 saturated carbocycles. The number of carbonyl (C=O) groups excluding carboxylic acids is 2. The van der Waals surface area contributed by atoms with E-state index in [0.717, 1.165) is 35.7 Å². The molecule has 6 nitrogen and oxygen atoms in total. The van der Waals surface area contributed by atoms with Crippen molar-refractivity contribution in [2.45, 2.75) is 45.1 Å². The van der Waals surface area contributed by atoms with Gasteiger partial charge in [-0.1, -0.05) is 44.4 Å².